The second-order valence-electron chi connectivity index (χ2n) is 11.2. The molecule has 8 nitrogen and oxygen atoms in total. The van der Waals surface area contributed by atoms with Gasteiger partial charge in [-0.25, -0.2) is 26.3 Å². The average molecular weight is 537 g/mol. The SMILES string of the molecule is Cc1ccc(S(=O)(=O)NC(C)(C)CN2CCN(CC(C)(C)NS(=O)(=O)c3ccc(C)cc3)CC2)cc1. The Kier molecular flexibility index (Phi) is 8.69. The van der Waals surface area contributed by atoms with Crippen LogP contribution in [0.5, 0.6) is 0 Å². The number of hydrogen-bond acceptors (Lipinski definition) is 6. The summed E-state index contributed by atoms with van der Waals surface area (Å²) in [5, 5.41) is 0. The maximum absolute atomic E-state index is 12.8. The van der Waals surface area contributed by atoms with Crippen LogP contribution < -0.4 is 9.44 Å². The zero-order chi connectivity index (χ0) is 26.8. The second-order valence-corrected chi connectivity index (χ2v) is 14.5. The van der Waals surface area contributed by atoms with E-state index in [1.165, 1.54) is 0 Å². The van der Waals surface area contributed by atoms with Crippen LogP contribution in [0.25, 0.3) is 0 Å². The van der Waals surface area contributed by atoms with Gasteiger partial charge < -0.3 is 0 Å². The third kappa shape index (κ3) is 8.09. The monoisotopic (exact) mass is 536 g/mol. The van der Waals surface area contributed by atoms with E-state index in [0.29, 0.717) is 13.1 Å². The minimum Gasteiger partial charge on any atom is -0.299 e. The fraction of sp³-hybridized carbons (Fsp3) is 0.538. The molecule has 1 saturated heterocycles. The number of nitrogens with zero attached hydrogens (tertiary/aromatic N) is 2. The van der Waals surface area contributed by atoms with Gasteiger partial charge in [-0.05, 0) is 65.8 Å². The molecule has 1 fully saturated rings. The van der Waals surface area contributed by atoms with Crippen LogP contribution in [-0.2, 0) is 20.0 Å². The van der Waals surface area contributed by atoms with Gasteiger partial charge in [-0.2, -0.15) is 0 Å². The van der Waals surface area contributed by atoms with Crippen molar-refractivity contribution < 1.29 is 16.8 Å². The molecular formula is C26H40N4O4S2. The van der Waals surface area contributed by atoms with Crippen molar-refractivity contribution >= 4 is 20.0 Å². The summed E-state index contributed by atoms with van der Waals surface area (Å²) in [4.78, 5) is 5.03. The van der Waals surface area contributed by atoms with Gasteiger partial charge in [0.25, 0.3) is 0 Å². The van der Waals surface area contributed by atoms with E-state index in [9.17, 15) is 16.8 Å². The van der Waals surface area contributed by atoms with Gasteiger partial charge in [-0.15, -0.1) is 0 Å². The van der Waals surface area contributed by atoms with E-state index in [1.807, 2.05) is 41.5 Å². The van der Waals surface area contributed by atoms with Gasteiger partial charge in [-0.1, -0.05) is 35.4 Å². The van der Waals surface area contributed by atoms with Crippen LogP contribution in [-0.4, -0.2) is 77.0 Å². The zero-order valence-corrected chi connectivity index (χ0v) is 23.8. The molecule has 0 spiro atoms. The molecule has 1 heterocycles. The highest BCUT2D eigenvalue weighted by atomic mass is 32.2. The number of rotatable bonds is 10. The first-order valence-corrected chi connectivity index (χ1v) is 15.2. The Balaban J connectivity index is 1.52. The lowest BCUT2D eigenvalue weighted by Crippen LogP contribution is -2.58. The molecule has 2 aromatic rings. The maximum atomic E-state index is 12.8. The predicted molar refractivity (Wildman–Crippen MR) is 144 cm³/mol. The molecule has 0 unspecified atom stereocenters. The first-order valence-electron chi connectivity index (χ1n) is 12.2. The second kappa shape index (κ2) is 10.9. The number of nitrogens with one attached hydrogen (secondary N) is 2. The minimum atomic E-state index is -3.62. The number of aryl methyl sites for hydroxylation is 2. The summed E-state index contributed by atoms with van der Waals surface area (Å²) in [6, 6.07) is 13.7. The van der Waals surface area contributed by atoms with E-state index in [2.05, 4.69) is 19.2 Å². The molecule has 1 aliphatic heterocycles. The topological polar surface area (TPSA) is 98.8 Å². The summed E-state index contributed by atoms with van der Waals surface area (Å²) in [6.07, 6.45) is 0. The van der Waals surface area contributed by atoms with E-state index in [4.69, 9.17) is 0 Å². The standard InChI is InChI=1S/C26H40N4O4S2/c1-21-7-11-23(12-8-21)35(31,32)27-25(3,4)19-29-15-17-30(18-16-29)20-26(5,6)28-36(33,34)24-13-9-22(2)10-14-24/h7-14,27-28H,15-20H2,1-6H3. The lowest BCUT2D eigenvalue weighted by molar-refractivity contribution is 0.0981. The van der Waals surface area contributed by atoms with Crippen molar-refractivity contribution in [1.82, 2.24) is 19.2 Å². The molecule has 3 rings (SSSR count). The number of benzene rings is 2. The Labute approximate surface area is 217 Å². The van der Waals surface area contributed by atoms with Crippen molar-refractivity contribution in [3.05, 3.63) is 59.7 Å². The van der Waals surface area contributed by atoms with Crippen LogP contribution >= 0.6 is 0 Å². The summed E-state index contributed by atoms with van der Waals surface area (Å²) in [6.45, 7) is 15.7. The smallest absolute Gasteiger partial charge is 0.241 e. The van der Waals surface area contributed by atoms with Crippen LogP contribution in [0.2, 0.25) is 0 Å². The molecule has 10 heteroatoms. The first kappa shape index (κ1) is 28.7. The molecular weight excluding hydrogens is 496 g/mol. The van der Waals surface area contributed by atoms with Gasteiger partial charge in [-0.3, -0.25) is 9.80 Å². The van der Waals surface area contributed by atoms with Crippen molar-refractivity contribution in [2.75, 3.05) is 39.3 Å². The van der Waals surface area contributed by atoms with Crippen molar-refractivity contribution in [3.63, 3.8) is 0 Å². The van der Waals surface area contributed by atoms with E-state index in [-0.39, 0.29) is 9.79 Å². The Morgan fingerprint density at radius 1 is 0.611 bits per heavy atom. The van der Waals surface area contributed by atoms with Crippen LogP contribution in [0.15, 0.2) is 58.3 Å². The van der Waals surface area contributed by atoms with Gasteiger partial charge in [0.2, 0.25) is 20.0 Å². The van der Waals surface area contributed by atoms with E-state index >= 15 is 0 Å². The fourth-order valence-electron chi connectivity index (χ4n) is 4.57. The molecule has 0 aromatic heterocycles. The molecule has 0 aliphatic carbocycles. The molecule has 0 atom stereocenters. The van der Waals surface area contributed by atoms with E-state index in [0.717, 1.165) is 37.3 Å². The number of hydrogen-bond donors (Lipinski definition) is 2. The highest BCUT2D eigenvalue weighted by Crippen LogP contribution is 2.18. The Morgan fingerprint density at radius 3 is 1.17 bits per heavy atom. The minimum absolute atomic E-state index is 0.265. The lowest BCUT2D eigenvalue weighted by Gasteiger charge is -2.41. The highest BCUT2D eigenvalue weighted by Gasteiger charge is 2.32. The quantitative estimate of drug-likeness (QED) is 0.485. The molecule has 1 aliphatic rings. The Hall–Kier alpha value is -1.82. The van der Waals surface area contributed by atoms with Crippen molar-refractivity contribution in [2.45, 2.75) is 62.4 Å². The predicted octanol–water partition coefficient (Wildman–Crippen LogP) is 2.74. The normalized spacial score (nSPS) is 16.8. The summed E-state index contributed by atoms with van der Waals surface area (Å²) in [5.74, 6) is 0. The molecule has 200 valence electrons. The molecule has 36 heavy (non-hydrogen) atoms. The summed E-state index contributed by atoms with van der Waals surface area (Å²) >= 11 is 0. The van der Waals surface area contributed by atoms with Gasteiger partial charge >= 0.3 is 0 Å². The van der Waals surface area contributed by atoms with E-state index in [1.54, 1.807) is 48.5 Å². The summed E-state index contributed by atoms with van der Waals surface area (Å²) in [5.41, 5.74) is 0.735. The molecule has 0 saturated carbocycles. The highest BCUT2D eigenvalue weighted by molar-refractivity contribution is 7.89. The van der Waals surface area contributed by atoms with Gasteiger partial charge in [0.15, 0.2) is 0 Å². The van der Waals surface area contributed by atoms with Gasteiger partial charge in [0.1, 0.15) is 0 Å². The number of sulfonamides is 2. The van der Waals surface area contributed by atoms with Gasteiger partial charge in [0, 0.05) is 50.3 Å². The number of piperazine rings is 1. The van der Waals surface area contributed by atoms with Crippen LogP contribution in [0.3, 0.4) is 0 Å². The third-order valence-electron chi connectivity index (χ3n) is 6.19. The molecule has 2 N–H and O–H groups in total. The Morgan fingerprint density at radius 2 is 0.889 bits per heavy atom. The maximum Gasteiger partial charge on any atom is 0.241 e. The largest absolute Gasteiger partial charge is 0.299 e. The molecule has 0 amide bonds. The van der Waals surface area contributed by atoms with Crippen LogP contribution in [0.4, 0.5) is 0 Å². The summed E-state index contributed by atoms with van der Waals surface area (Å²) in [7, 11) is -7.23. The van der Waals surface area contributed by atoms with Crippen molar-refractivity contribution in [1.29, 1.82) is 0 Å². The van der Waals surface area contributed by atoms with Crippen LogP contribution in [0, 0.1) is 13.8 Å². The average Bonchev–Trinajstić information content (AvgIpc) is 2.74. The molecule has 0 radical (unpaired) electrons. The first-order chi connectivity index (χ1) is 16.6. The third-order valence-corrected chi connectivity index (χ3v) is 9.61. The summed E-state index contributed by atoms with van der Waals surface area (Å²) < 4.78 is 57.1. The fourth-order valence-corrected chi connectivity index (χ4v) is 7.38. The van der Waals surface area contributed by atoms with Crippen LogP contribution in [0.1, 0.15) is 38.8 Å². The zero-order valence-electron chi connectivity index (χ0n) is 22.2. The van der Waals surface area contributed by atoms with Crippen molar-refractivity contribution in [3.8, 4) is 0 Å². The van der Waals surface area contributed by atoms with Gasteiger partial charge in [0.05, 0.1) is 9.79 Å². The lowest BCUT2D eigenvalue weighted by atomic mass is 10.0. The molecule has 0 bridgehead atoms. The molecule has 2 aromatic carbocycles. The Bertz CT molecular complexity index is 1130. The van der Waals surface area contributed by atoms with E-state index < -0.39 is 31.1 Å². The van der Waals surface area contributed by atoms with Crippen molar-refractivity contribution in [2.24, 2.45) is 0 Å².